The number of nitrogens with one attached hydrogen (secondary N) is 5. The number of halogens is 1. The summed E-state index contributed by atoms with van der Waals surface area (Å²) >= 11 is 1.62. The molecule has 1 aliphatic carbocycles. The molecular weight excluding hydrogens is 1240 g/mol. The first-order chi connectivity index (χ1) is 46.4. The molecule has 22 heteroatoms. The molecule has 520 valence electrons. The highest BCUT2D eigenvalue weighted by Gasteiger charge is 2.56. The zero-order valence-corrected chi connectivity index (χ0v) is 59.3. The Morgan fingerprint density at radius 1 is 0.825 bits per heavy atom. The van der Waals surface area contributed by atoms with Crippen LogP contribution in [0.15, 0.2) is 72.5 Å². The predicted molar refractivity (Wildman–Crippen MR) is 380 cm³/mol. The van der Waals surface area contributed by atoms with Gasteiger partial charge in [-0.15, -0.1) is 11.3 Å². The number of amides is 5. The maximum atomic E-state index is 16.0. The van der Waals surface area contributed by atoms with Crippen molar-refractivity contribution in [3.63, 3.8) is 0 Å². The van der Waals surface area contributed by atoms with E-state index in [9.17, 15) is 24.3 Å². The summed E-state index contributed by atoms with van der Waals surface area (Å²) < 4.78 is 18.0. The van der Waals surface area contributed by atoms with Gasteiger partial charge < -0.3 is 45.2 Å². The number of pyridine rings is 1. The molecule has 0 radical (unpaired) electrons. The molecule has 6 aliphatic rings. The van der Waals surface area contributed by atoms with Gasteiger partial charge in [-0.3, -0.25) is 28.9 Å². The van der Waals surface area contributed by atoms with Crippen LogP contribution in [0.3, 0.4) is 0 Å². The minimum atomic E-state index is -0.777. The number of hydrogen-bond acceptors (Lipinski definition) is 15. The Kier molecular flexibility index (Phi) is 21.1. The Hall–Kier alpha value is -7.21. The van der Waals surface area contributed by atoms with Crippen LogP contribution in [0.2, 0.25) is 0 Å². The Balaban J connectivity index is 0.645. The Morgan fingerprint density at radius 2 is 1.55 bits per heavy atom. The standard InChI is InChI=1S/C75H101FN14O6S/c1-45(2)79-71(94)57-39-61(59(76)34-47(57)5)81-70-67-62(77-43-89(67)46(3)4)40-60(80-70)53-22-23-58-63(35-53)90(55-36-54(37-55)86-28-14-11-15-29-86)73(96)75(58)26-32-87(33-27-75)66(93)42-85-30-24-50(25-31-85)16-12-13-17-65(92)82-69(74(8,9)10)72(95)88-41-56(91)38-64(88)84-83-48(6)51-18-20-52(21-19-51)68-49(7)78-44-97-68/h18-23,34-35,39-40,43-46,48,50,54-56,64,69,83-84,91H,11-17,24-33,36-38,41-42H2,1-10H3,(H,79,94)(H,80,81)(H,82,92)/t48-,54?,55?,56+,64-,69?/m0/s1. The highest BCUT2D eigenvalue weighted by Crippen LogP contribution is 2.52. The van der Waals surface area contributed by atoms with Crippen molar-refractivity contribution in [1.82, 2.24) is 60.6 Å². The number of nitrogens with zero attached hydrogens (tertiary/aromatic N) is 9. The highest BCUT2D eigenvalue weighted by atomic mass is 32.1. The van der Waals surface area contributed by atoms with Gasteiger partial charge in [-0.2, -0.15) is 0 Å². The lowest BCUT2D eigenvalue weighted by molar-refractivity contribution is -0.141. The SMILES string of the molecule is Cc1cc(F)c(Nc2nc(-c3ccc4c(c3)N(C3CC(N5CCCCC5)C3)C(=O)C43CCN(C(=O)CN4CCC(CCCCC(=O)NC(C(=O)N5C[C@H](O)C[C@H]5NN[C@@H](C)c5ccc(-c6scnc6C)cc5)C(C)(C)C)CC4)CC3)cc3ncn(C(C)C)c23)cc1C(=O)NC(C)C. The van der Waals surface area contributed by atoms with Crippen molar-refractivity contribution in [1.29, 1.82) is 0 Å². The third-order valence-corrected chi connectivity index (χ3v) is 22.5. The summed E-state index contributed by atoms with van der Waals surface area (Å²) in [7, 11) is 0. The second-order valence-electron chi connectivity index (χ2n) is 30.2. The lowest BCUT2D eigenvalue weighted by atomic mass is 9.73. The Morgan fingerprint density at radius 3 is 2.23 bits per heavy atom. The molecule has 1 saturated carbocycles. The molecule has 97 heavy (non-hydrogen) atoms. The maximum Gasteiger partial charge on any atom is 0.251 e. The fourth-order valence-electron chi connectivity index (χ4n) is 15.7. The van der Waals surface area contributed by atoms with Gasteiger partial charge in [-0.05, 0) is 190 Å². The molecule has 12 rings (SSSR count). The van der Waals surface area contributed by atoms with Crippen LogP contribution in [0.1, 0.15) is 190 Å². The number of piperidine rings is 3. The molecular formula is C75H101FN14O6S. The summed E-state index contributed by atoms with van der Waals surface area (Å²) in [5.41, 5.74) is 16.1. The van der Waals surface area contributed by atoms with Gasteiger partial charge in [-0.1, -0.05) is 76.4 Å². The number of anilines is 3. The van der Waals surface area contributed by atoms with Crippen molar-refractivity contribution in [3.8, 4) is 21.7 Å². The highest BCUT2D eigenvalue weighted by molar-refractivity contribution is 7.13. The number of benzene rings is 3. The van der Waals surface area contributed by atoms with E-state index in [1.807, 2.05) is 75.6 Å². The quantitative estimate of drug-likeness (QED) is 0.0275. The molecule has 6 N–H and O–H groups in total. The number of aromatic nitrogens is 4. The van der Waals surface area contributed by atoms with Gasteiger partial charge in [-0.25, -0.2) is 30.2 Å². The van der Waals surface area contributed by atoms with Crippen molar-refractivity contribution in [2.75, 3.05) is 62.6 Å². The summed E-state index contributed by atoms with van der Waals surface area (Å²) in [5, 5.41) is 20.1. The van der Waals surface area contributed by atoms with Crippen LogP contribution in [0, 0.1) is 31.0 Å². The summed E-state index contributed by atoms with van der Waals surface area (Å²) in [6.45, 7) is 24.9. The summed E-state index contributed by atoms with van der Waals surface area (Å²) in [4.78, 5) is 97.1. The predicted octanol–water partition coefficient (Wildman–Crippen LogP) is 11.2. The fraction of sp³-hybridized carbons (Fsp3) is 0.573. The van der Waals surface area contributed by atoms with E-state index >= 15 is 9.18 Å². The van der Waals surface area contributed by atoms with Gasteiger partial charge in [0, 0.05) is 79.5 Å². The molecule has 5 fully saturated rings. The Bertz CT molecular complexity index is 3840. The molecule has 20 nitrogen and oxygen atoms in total. The van der Waals surface area contributed by atoms with E-state index in [1.165, 1.54) is 25.3 Å². The van der Waals surface area contributed by atoms with Crippen LogP contribution in [0.25, 0.3) is 32.7 Å². The summed E-state index contributed by atoms with van der Waals surface area (Å²) in [5.74, 6) is -0.0728. The number of fused-ring (bicyclic) bond motifs is 3. The largest absolute Gasteiger partial charge is 0.391 e. The molecule has 1 spiro atoms. The molecule has 3 aromatic heterocycles. The first-order valence-corrected chi connectivity index (χ1v) is 36.6. The van der Waals surface area contributed by atoms with Crippen molar-refractivity contribution in [2.45, 2.75) is 213 Å². The van der Waals surface area contributed by atoms with E-state index in [-0.39, 0.29) is 65.9 Å². The van der Waals surface area contributed by atoms with Crippen LogP contribution in [-0.4, -0.2) is 163 Å². The Labute approximate surface area is 575 Å². The average molecular weight is 1350 g/mol. The number of hydrazine groups is 1. The number of imidazole rings is 1. The molecule has 1 unspecified atom stereocenters. The topological polar surface area (TPSA) is 226 Å². The molecule has 8 heterocycles. The average Bonchev–Trinajstić information content (AvgIpc) is 1.56. The van der Waals surface area contributed by atoms with Crippen molar-refractivity contribution in [3.05, 3.63) is 106 Å². The van der Waals surface area contributed by atoms with Gasteiger partial charge in [0.05, 0.1) is 63.5 Å². The number of carbonyl (C=O) groups is 5. The number of hydrogen-bond donors (Lipinski definition) is 6. The molecule has 6 aromatic rings. The van der Waals surface area contributed by atoms with E-state index < -0.39 is 35.0 Å². The normalized spacial score (nSPS) is 21.6. The van der Waals surface area contributed by atoms with Gasteiger partial charge in [0.15, 0.2) is 5.82 Å². The van der Waals surface area contributed by atoms with Crippen molar-refractivity contribution < 1.29 is 33.5 Å². The minimum absolute atomic E-state index is 0.0131. The van der Waals surface area contributed by atoms with Crippen LogP contribution in [0.4, 0.5) is 21.6 Å². The fourth-order valence-corrected chi connectivity index (χ4v) is 16.6. The number of unbranched alkanes of at least 4 members (excludes halogenated alkanes) is 1. The van der Waals surface area contributed by atoms with Crippen LogP contribution < -0.4 is 31.7 Å². The van der Waals surface area contributed by atoms with Crippen molar-refractivity contribution >= 4 is 69.1 Å². The number of carbonyl (C=O) groups excluding carboxylic acids is 5. The molecule has 0 bridgehead atoms. The number of rotatable bonds is 22. The molecule has 5 amide bonds. The summed E-state index contributed by atoms with van der Waals surface area (Å²) in [6.07, 6.45) is 12.4. The second-order valence-corrected chi connectivity index (χ2v) is 31.1. The zero-order valence-electron chi connectivity index (χ0n) is 58.5. The van der Waals surface area contributed by atoms with E-state index in [4.69, 9.17) is 9.97 Å². The zero-order chi connectivity index (χ0) is 68.6. The second kappa shape index (κ2) is 29.3. The third-order valence-electron chi connectivity index (χ3n) is 21.6. The lowest BCUT2D eigenvalue weighted by Gasteiger charge is -2.48. The van der Waals surface area contributed by atoms with Crippen molar-refractivity contribution in [2.24, 2.45) is 11.3 Å². The number of aliphatic hydroxyl groups is 1. The first kappa shape index (κ1) is 69.7. The number of aliphatic hydroxyl groups excluding tert-OH is 1. The number of likely N-dealkylation sites (tertiary alicyclic amines) is 4. The van der Waals surface area contributed by atoms with Crippen LogP contribution in [0.5, 0.6) is 0 Å². The number of thiazole rings is 1. The number of aryl methyl sites for hydroxylation is 2. The van der Waals surface area contributed by atoms with E-state index in [2.05, 4.69) is 96.7 Å². The molecule has 4 atom stereocenters. The van der Waals surface area contributed by atoms with Gasteiger partial charge in [0.2, 0.25) is 23.6 Å². The van der Waals surface area contributed by atoms with E-state index in [0.29, 0.717) is 97.4 Å². The van der Waals surface area contributed by atoms with Crippen LogP contribution >= 0.6 is 11.3 Å². The van der Waals surface area contributed by atoms with E-state index in [0.717, 1.165) is 103 Å². The third kappa shape index (κ3) is 15.1. The lowest BCUT2D eigenvalue weighted by Crippen LogP contribution is -2.59. The smallest absolute Gasteiger partial charge is 0.251 e. The molecule has 4 saturated heterocycles. The maximum absolute atomic E-state index is 16.0. The van der Waals surface area contributed by atoms with E-state index in [1.54, 1.807) is 35.6 Å². The van der Waals surface area contributed by atoms with Gasteiger partial charge in [0.1, 0.15) is 17.4 Å². The first-order valence-electron chi connectivity index (χ1n) is 35.7. The molecule has 3 aromatic carbocycles. The van der Waals surface area contributed by atoms with Gasteiger partial charge >= 0.3 is 0 Å². The van der Waals surface area contributed by atoms with Crippen LogP contribution in [-0.2, 0) is 24.6 Å². The number of β-amino-alcohol motifs (C(OH)–C–C–N with tert-alkyl or cyclic N) is 1. The summed E-state index contributed by atoms with van der Waals surface area (Å²) in [6, 6.07) is 19.0. The monoisotopic (exact) mass is 1340 g/mol. The molecule has 5 aliphatic heterocycles. The minimum Gasteiger partial charge on any atom is -0.391 e. The van der Waals surface area contributed by atoms with Gasteiger partial charge in [0.25, 0.3) is 5.91 Å².